The van der Waals surface area contributed by atoms with E-state index in [1.807, 2.05) is 27.1 Å². The lowest BCUT2D eigenvalue weighted by molar-refractivity contribution is 0.629. The Labute approximate surface area is 113 Å². The van der Waals surface area contributed by atoms with Gasteiger partial charge in [-0.25, -0.2) is 4.39 Å². The van der Waals surface area contributed by atoms with Gasteiger partial charge in [0.25, 0.3) is 0 Å². The molecule has 0 unspecified atom stereocenters. The minimum absolute atomic E-state index is 0.212. The molecule has 0 atom stereocenters. The van der Waals surface area contributed by atoms with Crippen LogP contribution in [-0.2, 0) is 6.54 Å². The fourth-order valence-electron chi connectivity index (χ4n) is 1.88. The van der Waals surface area contributed by atoms with E-state index in [-0.39, 0.29) is 5.82 Å². The Bertz CT molecular complexity index is 547. The third-order valence-electron chi connectivity index (χ3n) is 3.06. The summed E-state index contributed by atoms with van der Waals surface area (Å²) in [6.45, 7) is 2.57. The molecule has 2 aromatic carbocycles. The molecule has 100 valence electrons. The Hall–Kier alpha value is -2.03. The summed E-state index contributed by atoms with van der Waals surface area (Å²) in [6.07, 6.45) is 0. The van der Waals surface area contributed by atoms with Crippen LogP contribution >= 0.6 is 0 Å². The molecule has 2 nitrogen and oxygen atoms in total. The highest BCUT2D eigenvalue weighted by molar-refractivity contribution is 5.49. The first-order chi connectivity index (χ1) is 9.06. The van der Waals surface area contributed by atoms with Gasteiger partial charge in [-0.3, -0.25) is 0 Å². The fraction of sp³-hybridized carbons (Fsp3) is 0.250. The molecule has 0 aliphatic heterocycles. The van der Waals surface area contributed by atoms with E-state index in [1.165, 1.54) is 6.07 Å². The van der Waals surface area contributed by atoms with Crippen molar-refractivity contribution in [2.75, 3.05) is 24.3 Å². The van der Waals surface area contributed by atoms with Gasteiger partial charge in [0.1, 0.15) is 5.82 Å². The largest absolute Gasteiger partial charge is 0.379 e. The van der Waals surface area contributed by atoms with Gasteiger partial charge in [0.2, 0.25) is 0 Å². The molecular formula is C16H19FN2. The molecule has 3 heteroatoms. The van der Waals surface area contributed by atoms with Gasteiger partial charge < -0.3 is 10.2 Å². The van der Waals surface area contributed by atoms with Crippen molar-refractivity contribution in [2.24, 2.45) is 0 Å². The second-order valence-electron chi connectivity index (χ2n) is 4.90. The molecule has 0 heterocycles. The monoisotopic (exact) mass is 258 g/mol. The topological polar surface area (TPSA) is 15.3 Å². The Balaban J connectivity index is 2.04. The van der Waals surface area contributed by atoms with Gasteiger partial charge in [0.05, 0.1) is 5.69 Å². The van der Waals surface area contributed by atoms with Gasteiger partial charge in [-0.1, -0.05) is 18.2 Å². The lowest BCUT2D eigenvalue weighted by Gasteiger charge is -2.13. The number of aryl methyl sites for hydroxylation is 1. The zero-order valence-corrected chi connectivity index (χ0v) is 11.6. The van der Waals surface area contributed by atoms with E-state index in [9.17, 15) is 4.39 Å². The molecule has 0 spiro atoms. The van der Waals surface area contributed by atoms with Crippen LogP contribution in [0.25, 0.3) is 0 Å². The van der Waals surface area contributed by atoms with Crippen molar-refractivity contribution in [1.82, 2.24) is 0 Å². The zero-order chi connectivity index (χ0) is 13.8. The minimum Gasteiger partial charge on any atom is -0.379 e. The first-order valence-corrected chi connectivity index (χ1v) is 6.32. The Morgan fingerprint density at radius 3 is 2.37 bits per heavy atom. The highest BCUT2D eigenvalue weighted by Gasteiger charge is 2.02. The number of anilines is 2. The fourth-order valence-corrected chi connectivity index (χ4v) is 1.88. The maximum absolute atomic E-state index is 13.6. The zero-order valence-electron chi connectivity index (χ0n) is 11.6. The van der Waals surface area contributed by atoms with Crippen LogP contribution in [0, 0.1) is 12.7 Å². The molecule has 19 heavy (non-hydrogen) atoms. The van der Waals surface area contributed by atoms with Crippen LogP contribution in [0.4, 0.5) is 15.8 Å². The molecule has 1 N–H and O–H groups in total. The SMILES string of the molecule is Cc1ccc(F)c(NCc2ccc(N(C)C)cc2)c1. The van der Waals surface area contributed by atoms with Gasteiger partial charge in [-0.15, -0.1) is 0 Å². The molecular weight excluding hydrogens is 239 g/mol. The second kappa shape index (κ2) is 5.74. The van der Waals surface area contributed by atoms with E-state index in [4.69, 9.17) is 0 Å². The van der Waals surface area contributed by atoms with E-state index >= 15 is 0 Å². The molecule has 0 aliphatic rings. The lowest BCUT2D eigenvalue weighted by Crippen LogP contribution is -2.08. The van der Waals surface area contributed by atoms with Crippen LogP contribution < -0.4 is 10.2 Å². The number of nitrogens with zero attached hydrogens (tertiary/aromatic N) is 1. The van der Waals surface area contributed by atoms with Crippen molar-refractivity contribution in [3.05, 3.63) is 59.4 Å². The molecule has 0 bridgehead atoms. The molecule has 0 aliphatic carbocycles. The van der Waals surface area contributed by atoms with Gasteiger partial charge in [0, 0.05) is 26.3 Å². The van der Waals surface area contributed by atoms with Crippen molar-refractivity contribution < 1.29 is 4.39 Å². The number of nitrogens with one attached hydrogen (secondary N) is 1. The molecule has 0 radical (unpaired) electrons. The van der Waals surface area contributed by atoms with Gasteiger partial charge in [-0.05, 0) is 42.3 Å². The van der Waals surface area contributed by atoms with E-state index in [0.717, 1.165) is 16.8 Å². The maximum Gasteiger partial charge on any atom is 0.146 e. The summed E-state index contributed by atoms with van der Waals surface area (Å²) in [5.74, 6) is -0.212. The quantitative estimate of drug-likeness (QED) is 0.897. The molecule has 2 rings (SSSR count). The van der Waals surface area contributed by atoms with Gasteiger partial charge in [0.15, 0.2) is 0 Å². The van der Waals surface area contributed by atoms with Crippen molar-refractivity contribution >= 4 is 11.4 Å². The summed E-state index contributed by atoms with van der Waals surface area (Å²) >= 11 is 0. The first kappa shape index (κ1) is 13.4. The van der Waals surface area contributed by atoms with E-state index in [0.29, 0.717) is 12.2 Å². The van der Waals surface area contributed by atoms with Gasteiger partial charge >= 0.3 is 0 Å². The molecule has 0 saturated carbocycles. The summed E-state index contributed by atoms with van der Waals surface area (Å²) < 4.78 is 13.6. The molecule has 0 aromatic heterocycles. The summed E-state index contributed by atoms with van der Waals surface area (Å²) in [6, 6.07) is 13.3. The maximum atomic E-state index is 13.6. The molecule has 0 amide bonds. The Morgan fingerprint density at radius 2 is 1.74 bits per heavy atom. The summed E-state index contributed by atoms with van der Waals surface area (Å²) in [4.78, 5) is 2.05. The van der Waals surface area contributed by atoms with Crippen LogP contribution in [-0.4, -0.2) is 14.1 Å². The Kier molecular flexibility index (Phi) is 4.05. The van der Waals surface area contributed by atoms with Crippen LogP contribution in [0.2, 0.25) is 0 Å². The lowest BCUT2D eigenvalue weighted by atomic mass is 10.1. The number of halogens is 1. The van der Waals surface area contributed by atoms with Crippen molar-refractivity contribution in [2.45, 2.75) is 13.5 Å². The smallest absolute Gasteiger partial charge is 0.146 e. The number of hydrogen-bond donors (Lipinski definition) is 1. The van der Waals surface area contributed by atoms with E-state index in [2.05, 4.69) is 34.5 Å². The minimum atomic E-state index is -0.212. The number of rotatable bonds is 4. The summed E-state index contributed by atoms with van der Waals surface area (Å²) in [7, 11) is 4.02. The summed E-state index contributed by atoms with van der Waals surface area (Å²) in [5, 5.41) is 3.13. The van der Waals surface area contributed by atoms with Crippen LogP contribution in [0.5, 0.6) is 0 Å². The predicted molar refractivity (Wildman–Crippen MR) is 79.2 cm³/mol. The predicted octanol–water partition coefficient (Wildman–Crippen LogP) is 3.81. The number of hydrogen-bond acceptors (Lipinski definition) is 2. The second-order valence-corrected chi connectivity index (χ2v) is 4.90. The average Bonchev–Trinajstić information content (AvgIpc) is 2.40. The number of benzene rings is 2. The third kappa shape index (κ3) is 3.47. The molecule has 2 aromatic rings. The van der Waals surface area contributed by atoms with Crippen LogP contribution in [0.3, 0.4) is 0 Å². The van der Waals surface area contributed by atoms with Crippen molar-refractivity contribution in [3.63, 3.8) is 0 Å². The van der Waals surface area contributed by atoms with Crippen molar-refractivity contribution in [1.29, 1.82) is 0 Å². The van der Waals surface area contributed by atoms with Crippen LogP contribution in [0.15, 0.2) is 42.5 Å². The van der Waals surface area contributed by atoms with E-state index < -0.39 is 0 Å². The van der Waals surface area contributed by atoms with Crippen molar-refractivity contribution in [3.8, 4) is 0 Å². The average molecular weight is 258 g/mol. The first-order valence-electron chi connectivity index (χ1n) is 6.32. The normalized spacial score (nSPS) is 10.3. The molecule has 0 fully saturated rings. The van der Waals surface area contributed by atoms with E-state index in [1.54, 1.807) is 6.07 Å². The van der Waals surface area contributed by atoms with Crippen LogP contribution in [0.1, 0.15) is 11.1 Å². The highest BCUT2D eigenvalue weighted by atomic mass is 19.1. The molecule has 0 saturated heterocycles. The van der Waals surface area contributed by atoms with Gasteiger partial charge in [-0.2, -0.15) is 0 Å². The summed E-state index contributed by atoms with van der Waals surface area (Å²) in [5.41, 5.74) is 3.89. The highest BCUT2D eigenvalue weighted by Crippen LogP contribution is 2.18. The standard InChI is InChI=1S/C16H19FN2/c1-12-4-9-15(17)16(10-12)18-11-13-5-7-14(8-6-13)19(2)3/h4-10,18H,11H2,1-3H3. The Morgan fingerprint density at radius 1 is 1.05 bits per heavy atom. The third-order valence-corrected chi connectivity index (χ3v) is 3.06.